The Kier molecular flexibility index (Phi) is 4.02. The first kappa shape index (κ1) is 13.0. The Morgan fingerprint density at radius 2 is 2.00 bits per heavy atom. The van der Waals surface area contributed by atoms with Crippen LogP contribution in [0.5, 0.6) is 0 Å². The molecule has 2 atom stereocenters. The minimum Gasteiger partial charge on any atom is -0.379 e. The topological polar surface area (TPSA) is 32.3 Å². The fourth-order valence-electron chi connectivity index (χ4n) is 1.39. The Morgan fingerprint density at radius 3 is 2.31 bits per heavy atom. The third kappa shape index (κ3) is 2.27. The molecular weight excluding hydrogens is 207 g/mol. The van der Waals surface area contributed by atoms with Crippen molar-refractivity contribution in [2.45, 2.75) is 25.1 Å². The largest absolute Gasteiger partial charge is 0.418 e. The smallest absolute Gasteiger partial charge is 0.379 e. The van der Waals surface area contributed by atoms with Gasteiger partial charge in [-0.2, -0.15) is 13.2 Å². The van der Waals surface area contributed by atoms with Crippen LogP contribution in [-0.2, 0) is 0 Å². The fourth-order valence-corrected chi connectivity index (χ4v) is 1.39. The van der Waals surface area contributed by atoms with Crippen LogP contribution in [0, 0.1) is 5.92 Å². The second-order valence-corrected chi connectivity index (χ2v) is 3.29. The molecule has 2 N–H and O–H groups in total. The molecule has 1 rings (SSSR count). The molecule has 0 bridgehead atoms. The number of hydrogen-bond acceptors (Lipinski definition) is 2. The van der Waals surface area contributed by atoms with Gasteiger partial charge >= 0.3 is 6.18 Å². The van der Waals surface area contributed by atoms with Gasteiger partial charge in [-0.15, -0.1) is 12.4 Å². The van der Waals surface area contributed by atoms with Crippen molar-refractivity contribution < 1.29 is 18.3 Å². The molecule has 80 valence electrons. The molecule has 1 aliphatic heterocycles. The number of hydrogen-bond donors (Lipinski definition) is 2. The normalized spacial score (nSPS) is 35.3. The van der Waals surface area contributed by atoms with Crippen molar-refractivity contribution in [1.29, 1.82) is 0 Å². The summed E-state index contributed by atoms with van der Waals surface area (Å²) >= 11 is 0. The van der Waals surface area contributed by atoms with E-state index in [2.05, 4.69) is 5.32 Å². The van der Waals surface area contributed by atoms with Crippen LogP contribution in [0.4, 0.5) is 13.2 Å². The number of β-amino-alcohol motifs (C(OH)–C–C–N with tert-alkyl or cyclic N) is 1. The second kappa shape index (κ2) is 4.02. The molecule has 2 nitrogen and oxygen atoms in total. The van der Waals surface area contributed by atoms with Gasteiger partial charge in [-0.3, -0.25) is 0 Å². The quantitative estimate of drug-likeness (QED) is 0.644. The molecule has 0 radical (unpaired) electrons. The van der Waals surface area contributed by atoms with Gasteiger partial charge < -0.3 is 10.4 Å². The Hall–Kier alpha value is -0.0000000000000000555. The maximum absolute atomic E-state index is 12.3. The zero-order chi connectivity index (χ0) is 9.41. The van der Waals surface area contributed by atoms with E-state index in [0.717, 1.165) is 0 Å². The number of aliphatic hydroxyl groups is 1. The lowest BCUT2D eigenvalue weighted by Gasteiger charge is -2.39. The molecule has 0 spiro atoms. The lowest BCUT2D eigenvalue weighted by molar-refractivity contribution is -0.280. The lowest BCUT2D eigenvalue weighted by Crippen LogP contribution is -2.60. The predicted molar refractivity (Wildman–Crippen MR) is 44.9 cm³/mol. The van der Waals surface area contributed by atoms with Crippen LogP contribution < -0.4 is 5.32 Å². The van der Waals surface area contributed by atoms with Gasteiger partial charge in [-0.1, -0.05) is 6.92 Å². The Bertz CT molecular complexity index is 176. The van der Waals surface area contributed by atoms with E-state index in [1.54, 1.807) is 0 Å². The summed E-state index contributed by atoms with van der Waals surface area (Å²) in [5, 5.41) is 11.8. The first-order chi connectivity index (χ1) is 5.38. The Morgan fingerprint density at radius 1 is 1.46 bits per heavy atom. The molecule has 0 aromatic rings. The van der Waals surface area contributed by atoms with Crippen molar-refractivity contribution in [3.63, 3.8) is 0 Å². The second-order valence-electron chi connectivity index (χ2n) is 3.29. The van der Waals surface area contributed by atoms with Crippen molar-refractivity contribution in [3.8, 4) is 0 Å². The summed E-state index contributed by atoms with van der Waals surface area (Å²) in [5.74, 6) is -0.723. The average Bonchev–Trinajstić information content (AvgIpc) is 1.93. The van der Waals surface area contributed by atoms with Crippen molar-refractivity contribution in [2.75, 3.05) is 13.1 Å². The molecule has 1 aliphatic rings. The number of alkyl halides is 3. The van der Waals surface area contributed by atoms with Crippen molar-refractivity contribution in [2.24, 2.45) is 5.92 Å². The molecular formula is C7H13ClF3NO. The van der Waals surface area contributed by atoms with Gasteiger partial charge in [0.15, 0.2) is 5.60 Å². The van der Waals surface area contributed by atoms with Crippen LogP contribution in [0.1, 0.15) is 13.3 Å². The Balaban J connectivity index is 0.00000144. The molecule has 0 amide bonds. The van der Waals surface area contributed by atoms with E-state index in [-0.39, 0.29) is 12.4 Å². The summed E-state index contributed by atoms with van der Waals surface area (Å²) < 4.78 is 36.9. The summed E-state index contributed by atoms with van der Waals surface area (Å²) in [4.78, 5) is 0. The summed E-state index contributed by atoms with van der Waals surface area (Å²) in [5.41, 5.74) is -2.54. The lowest BCUT2D eigenvalue weighted by atomic mass is 9.83. The van der Waals surface area contributed by atoms with Crippen LogP contribution in [0.15, 0.2) is 0 Å². The number of nitrogens with one attached hydrogen (secondary N) is 1. The zero-order valence-corrected chi connectivity index (χ0v) is 8.00. The third-order valence-corrected chi connectivity index (χ3v) is 2.45. The minimum atomic E-state index is -4.53. The van der Waals surface area contributed by atoms with Gasteiger partial charge in [0, 0.05) is 6.54 Å². The monoisotopic (exact) mass is 219 g/mol. The van der Waals surface area contributed by atoms with Crippen LogP contribution >= 0.6 is 12.4 Å². The summed E-state index contributed by atoms with van der Waals surface area (Å²) in [6.45, 7) is 1.57. The Labute approximate surface area is 80.9 Å². The van der Waals surface area contributed by atoms with Crippen LogP contribution in [0.3, 0.4) is 0 Å². The highest BCUT2D eigenvalue weighted by Crippen LogP contribution is 2.38. The van der Waals surface area contributed by atoms with Crippen LogP contribution in [-0.4, -0.2) is 30.0 Å². The van der Waals surface area contributed by atoms with Crippen LogP contribution in [0.2, 0.25) is 0 Å². The first-order valence-electron chi connectivity index (χ1n) is 3.88. The van der Waals surface area contributed by atoms with E-state index in [1.165, 1.54) is 6.92 Å². The van der Waals surface area contributed by atoms with Crippen LogP contribution in [0.25, 0.3) is 0 Å². The molecule has 1 fully saturated rings. The standard InChI is InChI=1S/C7H12F3NO.ClH/c1-5-2-3-11-4-6(5,12)7(8,9)10;/h5,11-12H,2-4H2,1H3;1H/t5-,6+;/m0./s1. The molecule has 1 saturated heterocycles. The SMILES string of the molecule is C[C@H]1CCNC[C@]1(O)C(F)(F)F.Cl. The highest BCUT2D eigenvalue weighted by atomic mass is 35.5. The third-order valence-electron chi connectivity index (χ3n) is 2.45. The van der Waals surface area contributed by atoms with E-state index >= 15 is 0 Å². The van der Waals surface area contributed by atoms with Gasteiger partial charge in [-0.05, 0) is 18.9 Å². The molecule has 0 aromatic heterocycles. The highest BCUT2D eigenvalue weighted by Gasteiger charge is 2.57. The number of rotatable bonds is 0. The molecule has 0 aromatic carbocycles. The van der Waals surface area contributed by atoms with Gasteiger partial charge in [0.2, 0.25) is 0 Å². The van der Waals surface area contributed by atoms with Gasteiger partial charge in [0.05, 0.1) is 0 Å². The maximum Gasteiger partial charge on any atom is 0.418 e. The predicted octanol–water partition coefficient (Wildman–Crippen LogP) is 1.33. The number of halogens is 4. The highest BCUT2D eigenvalue weighted by molar-refractivity contribution is 5.85. The van der Waals surface area contributed by atoms with E-state index < -0.39 is 24.2 Å². The van der Waals surface area contributed by atoms with Crippen molar-refractivity contribution >= 4 is 12.4 Å². The van der Waals surface area contributed by atoms with Gasteiger partial charge in [0.25, 0.3) is 0 Å². The summed E-state index contributed by atoms with van der Waals surface area (Å²) in [6, 6.07) is 0. The molecule has 13 heavy (non-hydrogen) atoms. The first-order valence-corrected chi connectivity index (χ1v) is 3.88. The molecule has 1 heterocycles. The number of piperidine rings is 1. The average molecular weight is 220 g/mol. The van der Waals surface area contributed by atoms with Gasteiger partial charge in [-0.25, -0.2) is 0 Å². The van der Waals surface area contributed by atoms with E-state index in [1.807, 2.05) is 0 Å². The van der Waals surface area contributed by atoms with E-state index in [9.17, 15) is 18.3 Å². The molecule has 6 heteroatoms. The van der Waals surface area contributed by atoms with E-state index in [0.29, 0.717) is 13.0 Å². The summed E-state index contributed by atoms with van der Waals surface area (Å²) in [7, 11) is 0. The van der Waals surface area contributed by atoms with Gasteiger partial charge in [0.1, 0.15) is 0 Å². The zero-order valence-electron chi connectivity index (χ0n) is 7.19. The molecule has 0 unspecified atom stereocenters. The van der Waals surface area contributed by atoms with E-state index in [4.69, 9.17) is 0 Å². The minimum absolute atomic E-state index is 0. The van der Waals surface area contributed by atoms with Crippen molar-refractivity contribution in [3.05, 3.63) is 0 Å². The van der Waals surface area contributed by atoms with Crippen molar-refractivity contribution in [1.82, 2.24) is 5.32 Å². The molecule has 0 aliphatic carbocycles. The maximum atomic E-state index is 12.3. The molecule has 0 saturated carbocycles. The summed E-state index contributed by atoms with van der Waals surface area (Å²) in [6.07, 6.45) is -4.17. The fraction of sp³-hybridized carbons (Fsp3) is 1.00.